The summed E-state index contributed by atoms with van der Waals surface area (Å²) in [6, 6.07) is 8.42. The second-order valence-corrected chi connectivity index (χ2v) is 4.18. The Morgan fingerprint density at radius 1 is 1.23 bits per heavy atom. The van der Waals surface area contributed by atoms with Crippen LogP contribution >= 0.6 is 0 Å². The molecule has 0 amide bonds. The van der Waals surface area contributed by atoms with E-state index >= 15 is 0 Å². The maximum atomic E-state index is 11.1. The van der Waals surface area contributed by atoms with Gasteiger partial charge in [0.05, 0.1) is 0 Å². The normalized spacial score (nSPS) is 10.8. The number of aldehydes is 1. The van der Waals surface area contributed by atoms with Crippen LogP contribution < -0.4 is 4.72 Å². The summed E-state index contributed by atoms with van der Waals surface area (Å²) in [5.41, 5.74) is 0.462. The van der Waals surface area contributed by atoms with Crippen molar-refractivity contribution in [3.63, 3.8) is 0 Å². The van der Waals surface area contributed by atoms with Crippen LogP contribution in [-0.4, -0.2) is 20.5 Å². The van der Waals surface area contributed by atoms with E-state index in [0.29, 0.717) is 12.0 Å². The largest absolute Gasteiger partial charge is 0.302 e. The Kier molecular flexibility index (Phi) is 3.02. The van der Waals surface area contributed by atoms with Gasteiger partial charge in [-0.15, -0.1) is 0 Å². The summed E-state index contributed by atoms with van der Waals surface area (Å²) in [5.74, 6) is -0.512. The van der Waals surface area contributed by atoms with Crippen LogP contribution in [0.15, 0.2) is 30.3 Å². The smallest absolute Gasteiger partial charge is 0.239 e. The Morgan fingerprint density at radius 3 is 2.38 bits per heavy atom. The van der Waals surface area contributed by atoms with E-state index in [-0.39, 0.29) is 0 Å². The van der Waals surface area contributed by atoms with Crippen molar-refractivity contribution in [1.82, 2.24) is 0 Å². The fourth-order valence-corrected chi connectivity index (χ4v) is 1.57. The van der Waals surface area contributed by atoms with E-state index in [1.165, 1.54) is 0 Å². The zero-order valence-corrected chi connectivity index (χ0v) is 7.62. The summed E-state index contributed by atoms with van der Waals surface area (Å²) in [7, 11) is -3.50. The molecule has 1 aromatic rings. The first kappa shape index (κ1) is 9.73. The molecule has 0 unspecified atom stereocenters. The number of hydrogen-bond acceptors (Lipinski definition) is 3. The SMILES string of the molecule is O=CCS(=O)(=O)Nc1ccccc1. The van der Waals surface area contributed by atoms with Crippen LogP contribution in [0.1, 0.15) is 0 Å². The van der Waals surface area contributed by atoms with Gasteiger partial charge in [-0.3, -0.25) is 4.72 Å². The molecule has 0 aromatic heterocycles. The maximum absolute atomic E-state index is 11.1. The lowest BCUT2D eigenvalue weighted by atomic mass is 10.3. The molecule has 1 N–H and O–H groups in total. The van der Waals surface area contributed by atoms with Gasteiger partial charge in [-0.05, 0) is 12.1 Å². The molecule has 0 atom stereocenters. The van der Waals surface area contributed by atoms with E-state index < -0.39 is 15.8 Å². The molecule has 0 fully saturated rings. The van der Waals surface area contributed by atoms with Gasteiger partial charge in [0.15, 0.2) is 0 Å². The molecule has 0 bridgehead atoms. The third-order valence-electron chi connectivity index (χ3n) is 1.33. The van der Waals surface area contributed by atoms with Gasteiger partial charge in [-0.1, -0.05) is 18.2 Å². The Morgan fingerprint density at radius 2 is 1.85 bits per heavy atom. The van der Waals surface area contributed by atoms with Gasteiger partial charge in [0, 0.05) is 5.69 Å². The minimum Gasteiger partial charge on any atom is -0.302 e. The van der Waals surface area contributed by atoms with Crippen molar-refractivity contribution in [2.24, 2.45) is 0 Å². The Balaban J connectivity index is 2.75. The zero-order chi connectivity index (χ0) is 9.73. The third kappa shape index (κ3) is 3.25. The number of hydrogen-bond donors (Lipinski definition) is 1. The Hall–Kier alpha value is -1.36. The van der Waals surface area contributed by atoms with Crippen LogP contribution in [-0.2, 0) is 14.8 Å². The van der Waals surface area contributed by atoms with Gasteiger partial charge in [0.1, 0.15) is 12.0 Å². The van der Waals surface area contributed by atoms with E-state index in [0.717, 1.165) is 0 Å². The average molecular weight is 199 g/mol. The highest BCUT2D eigenvalue weighted by Crippen LogP contribution is 2.06. The minimum atomic E-state index is -3.50. The molecule has 0 heterocycles. The molecule has 0 saturated carbocycles. The van der Waals surface area contributed by atoms with Crippen molar-refractivity contribution < 1.29 is 13.2 Å². The van der Waals surface area contributed by atoms with Crippen LogP contribution in [0.2, 0.25) is 0 Å². The summed E-state index contributed by atoms with van der Waals surface area (Å²) in [6.45, 7) is 0. The lowest BCUT2D eigenvalue weighted by Gasteiger charge is -2.03. The van der Waals surface area contributed by atoms with Crippen molar-refractivity contribution in [2.75, 3.05) is 10.5 Å². The second kappa shape index (κ2) is 4.04. The van der Waals surface area contributed by atoms with Crippen molar-refractivity contribution in [2.45, 2.75) is 0 Å². The van der Waals surface area contributed by atoms with E-state index in [1.807, 2.05) is 0 Å². The molecule has 13 heavy (non-hydrogen) atoms. The van der Waals surface area contributed by atoms with Crippen LogP contribution in [0.25, 0.3) is 0 Å². The monoisotopic (exact) mass is 199 g/mol. The fourth-order valence-electron chi connectivity index (χ4n) is 0.817. The molecule has 70 valence electrons. The number of benzene rings is 1. The van der Waals surface area contributed by atoms with Crippen molar-refractivity contribution in [3.05, 3.63) is 30.3 Å². The summed E-state index contributed by atoms with van der Waals surface area (Å²) in [6.07, 6.45) is 0.352. The number of carbonyl (C=O) groups excluding carboxylic acids is 1. The second-order valence-electron chi connectivity index (χ2n) is 2.42. The summed E-state index contributed by atoms with van der Waals surface area (Å²) in [4.78, 5) is 9.99. The van der Waals surface area contributed by atoms with Crippen molar-refractivity contribution in [3.8, 4) is 0 Å². The van der Waals surface area contributed by atoms with Crippen LogP contribution in [0, 0.1) is 0 Å². The molecule has 1 aromatic carbocycles. The van der Waals surface area contributed by atoms with Crippen LogP contribution in [0.3, 0.4) is 0 Å². The summed E-state index contributed by atoms with van der Waals surface area (Å²) >= 11 is 0. The standard InChI is InChI=1S/C8H9NO3S/c10-6-7-13(11,12)9-8-4-2-1-3-5-8/h1-6,9H,7H2. The summed E-state index contributed by atoms with van der Waals surface area (Å²) < 4.78 is 24.4. The quantitative estimate of drug-likeness (QED) is 0.723. The van der Waals surface area contributed by atoms with Gasteiger partial charge in [-0.25, -0.2) is 8.42 Å². The highest BCUT2D eigenvalue weighted by atomic mass is 32.2. The molecule has 1 rings (SSSR count). The average Bonchev–Trinajstić information content (AvgIpc) is 2.04. The van der Waals surface area contributed by atoms with E-state index in [2.05, 4.69) is 4.72 Å². The van der Waals surface area contributed by atoms with Gasteiger partial charge in [-0.2, -0.15) is 0 Å². The number of sulfonamides is 1. The van der Waals surface area contributed by atoms with Gasteiger partial charge >= 0.3 is 0 Å². The maximum Gasteiger partial charge on any atom is 0.239 e. The first-order valence-electron chi connectivity index (χ1n) is 3.63. The Bertz CT molecular complexity index is 372. The van der Waals surface area contributed by atoms with Crippen molar-refractivity contribution in [1.29, 1.82) is 0 Å². The Labute approximate surface area is 76.6 Å². The molecular weight excluding hydrogens is 190 g/mol. The lowest BCUT2D eigenvalue weighted by molar-refractivity contribution is -0.105. The number of anilines is 1. The van der Waals surface area contributed by atoms with Gasteiger partial charge < -0.3 is 4.79 Å². The first-order chi connectivity index (χ1) is 6.14. The molecular formula is C8H9NO3S. The number of para-hydroxylation sites is 1. The zero-order valence-electron chi connectivity index (χ0n) is 6.80. The van der Waals surface area contributed by atoms with Crippen LogP contribution in [0.4, 0.5) is 5.69 Å². The minimum absolute atomic E-state index is 0.352. The molecule has 0 spiro atoms. The van der Waals surface area contributed by atoms with E-state index in [1.54, 1.807) is 30.3 Å². The number of carbonyl (C=O) groups is 1. The predicted octanol–water partition coefficient (Wildman–Crippen LogP) is 0.627. The molecule has 0 aliphatic rings. The molecule has 5 heteroatoms. The van der Waals surface area contributed by atoms with Gasteiger partial charge in [0.25, 0.3) is 0 Å². The highest BCUT2D eigenvalue weighted by Gasteiger charge is 2.07. The predicted molar refractivity (Wildman–Crippen MR) is 49.9 cm³/mol. The topological polar surface area (TPSA) is 63.2 Å². The summed E-state index contributed by atoms with van der Waals surface area (Å²) in [5, 5.41) is 0. The van der Waals surface area contributed by atoms with Gasteiger partial charge in [0.2, 0.25) is 10.0 Å². The third-order valence-corrected chi connectivity index (χ3v) is 2.46. The lowest BCUT2D eigenvalue weighted by Crippen LogP contribution is -2.17. The molecule has 0 saturated heterocycles. The molecule has 0 aliphatic heterocycles. The van der Waals surface area contributed by atoms with Crippen LogP contribution in [0.5, 0.6) is 0 Å². The number of rotatable bonds is 4. The molecule has 4 nitrogen and oxygen atoms in total. The highest BCUT2D eigenvalue weighted by molar-refractivity contribution is 7.93. The molecule has 0 aliphatic carbocycles. The number of nitrogens with one attached hydrogen (secondary N) is 1. The molecule has 0 radical (unpaired) electrons. The fraction of sp³-hybridized carbons (Fsp3) is 0.125. The van der Waals surface area contributed by atoms with Crippen molar-refractivity contribution >= 4 is 22.0 Å². The first-order valence-corrected chi connectivity index (χ1v) is 5.28. The van der Waals surface area contributed by atoms with E-state index in [9.17, 15) is 13.2 Å². The van der Waals surface area contributed by atoms with E-state index in [4.69, 9.17) is 0 Å².